The van der Waals surface area contributed by atoms with E-state index in [4.69, 9.17) is 4.74 Å². The molecule has 1 aromatic heterocycles. The van der Waals surface area contributed by atoms with Gasteiger partial charge in [0.25, 0.3) is 0 Å². The molecule has 1 unspecified atom stereocenters. The summed E-state index contributed by atoms with van der Waals surface area (Å²) in [6.07, 6.45) is 3.85. The lowest BCUT2D eigenvalue weighted by Crippen LogP contribution is -2.50. The Morgan fingerprint density at radius 2 is 1.68 bits per heavy atom. The Kier molecular flexibility index (Phi) is 7.57. The number of aromatic nitrogens is 2. The van der Waals surface area contributed by atoms with Gasteiger partial charge in [-0.2, -0.15) is 14.1 Å². The monoisotopic (exact) mass is 526 g/mol. The van der Waals surface area contributed by atoms with Crippen LogP contribution in [0.5, 0.6) is 5.75 Å². The summed E-state index contributed by atoms with van der Waals surface area (Å²) in [5, 5.41) is 4.43. The average molecular weight is 527 g/mol. The van der Waals surface area contributed by atoms with Crippen LogP contribution >= 0.6 is 0 Å². The molecule has 0 spiro atoms. The summed E-state index contributed by atoms with van der Waals surface area (Å²) in [6, 6.07) is 17.5. The van der Waals surface area contributed by atoms with E-state index in [9.17, 15) is 17.6 Å². The minimum Gasteiger partial charge on any atom is -0.483 e. The minimum absolute atomic E-state index is 0.00726. The standard InChI is InChI=1S/C27H31FN4O4S/c28-13-6-18-37(34,35)31-16-14-30(15-17-31)25-20-29-32(23-9-2-1-3-10-23)27(33)26(25)36-24-12-11-21-7-4-5-8-22(21)19-24/h1-5,7-10,20,24H,6,11-19H2. The number of halogens is 1. The van der Waals surface area contributed by atoms with Crippen LogP contribution in [0.2, 0.25) is 0 Å². The van der Waals surface area contributed by atoms with E-state index in [1.165, 1.54) is 20.1 Å². The van der Waals surface area contributed by atoms with E-state index < -0.39 is 16.7 Å². The number of benzene rings is 2. The molecule has 0 saturated carbocycles. The zero-order valence-electron chi connectivity index (χ0n) is 20.6. The Bertz CT molecular complexity index is 1390. The third kappa shape index (κ3) is 5.55. The summed E-state index contributed by atoms with van der Waals surface area (Å²) in [4.78, 5) is 15.7. The number of piperazine rings is 1. The van der Waals surface area contributed by atoms with Gasteiger partial charge >= 0.3 is 5.56 Å². The summed E-state index contributed by atoms with van der Waals surface area (Å²) < 4.78 is 46.8. The third-order valence-corrected chi connectivity index (χ3v) is 8.97. The summed E-state index contributed by atoms with van der Waals surface area (Å²) in [7, 11) is -3.51. The number of alkyl halides is 1. The first-order chi connectivity index (χ1) is 18.0. The molecule has 1 atom stereocenters. The van der Waals surface area contributed by atoms with E-state index in [1.807, 2.05) is 47.4 Å². The normalized spacial score (nSPS) is 18.4. The van der Waals surface area contributed by atoms with Crippen LogP contribution in [0.4, 0.5) is 10.1 Å². The van der Waals surface area contributed by atoms with Gasteiger partial charge in [-0.3, -0.25) is 9.18 Å². The topological polar surface area (TPSA) is 84.7 Å². The van der Waals surface area contributed by atoms with Gasteiger partial charge in [0.1, 0.15) is 11.8 Å². The molecule has 1 fully saturated rings. The number of hydrogen-bond donors (Lipinski definition) is 0. The molecule has 0 amide bonds. The summed E-state index contributed by atoms with van der Waals surface area (Å²) in [5.74, 6) is 0.0346. The van der Waals surface area contributed by atoms with Gasteiger partial charge < -0.3 is 9.64 Å². The number of nitrogens with zero attached hydrogens (tertiary/aromatic N) is 4. The minimum atomic E-state index is -3.51. The van der Waals surface area contributed by atoms with Gasteiger partial charge in [-0.05, 0) is 42.5 Å². The van der Waals surface area contributed by atoms with Crippen molar-refractivity contribution in [3.8, 4) is 11.4 Å². The van der Waals surface area contributed by atoms with Crippen molar-refractivity contribution in [2.75, 3.05) is 43.5 Å². The van der Waals surface area contributed by atoms with Gasteiger partial charge in [-0.1, -0.05) is 42.5 Å². The molecule has 10 heteroatoms. The van der Waals surface area contributed by atoms with Gasteiger partial charge in [0, 0.05) is 32.6 Å². The molecule has 1 saturated heterocycles. The number of ether oxygens (including phenoxy) is 1. The fourth-order valence-electron chi connectivity index (χ4n) is 5.02. The van der Waals surface area contributed by atoms with E-state index >= 15 is 0 Å². The van der Waals surface area contributed by atoms with Gasteiger partial charge in [0.05, 0.1) is 24.3 Å². The number of rotatable bonds is 8. The highest BCUT2D eigenvalue weighted by Crippen LogP contribution is 2.30. The van der Waals surface area contributed by atoms with Crippen LogP contribution in [0.15, 0.2) is 65.6 Å². The maximum absolute atomic E-state index is 13.7. The molecule has 8 nitrogen and oxygen atoms in total. The van der Waals surface area contributed by atoms with Crippen molar-refractivity contribution in [2.24, 2.45) is 0 Å². The molecule has 0 radical (unpaired) electrons. The lowest BCUT2D eigenvalue weighted by molar-refractivity contribution is 0.181. The van der Waals surface area contributed by atoms with Crippen LogP contribution in [-0.4, -0.2) is 67.2 Å². The van der Waals surface area contributed by atoms with Crippen LogP contribution in [0.1, 0.15) is 24.0 Å². The molecule has 37 heavy (non-hydrogen) atoms. The number of para-hydroxylation sites is 1. The fourth-order valence-corrected chi connectivity index (χ4v) is 6.47. The van der Waals surface area contributed by atoms with Gasteiger partial charge in [0.2, 0.25) is 15.8 Å². The maximum Gasteiger partial charge on any atom is 0.316 e. The predicted octanol–water partition coefficient (Wildman–Crippen LogP) is 2.98. The Hall–Kier alpha value is -3.24. The predicted molar refractivity (Wildman–Crippen MR) is 141 cm³/mol. The van der Waals surface area contributed by atoms with Crippen LogP contribution < -0.4 is 15.2 Å². The van der Waals surface area contributed by atoms with Crippen LogP contribution in [0.25, 0.3) is 5.69 Å². The summed E-state index contributed by atoms with van der Waals surface area (Å²) in [5.41, 5.74) is 3.40. The number of sulfonamides is 1. The van der Waals surface area contributed by atoms with E-state index in [1.54, 1.807) is 6.20 Å². The molecular formula is C27H31FN4O4S. The Morgan fingerprint density at radius 1 is 0.973 bits per heavy atom. The first-order valence-corrected chi connectivity index (χ1v) is 14.3. The van der Waals surface area contributed by atoms with Crippen LogP contribution in [-0.2, 0) is 22.9 Å². The summed E-state index contributed by atoms with van der Waals surface area (Å²) in [6.45, 7) is 0.624. The Balaban J connectivity index is 1.42. The number of anilines is 1. The van der Waals surface area contributed by atoms with Crippen molar-refractivity contribution in [2.45, 2.75) is 31.8 Å². The second-order valence-electron chi connectivity index (χ2n) is 9.41. The van der Waals surface area contributed by atoms with Crippen molar-refractivity contribution in [1.29, 1.82) is 0 Å². The molecule has 2 aliphatic rings. The molecule has 2 heterocycles. The molecular weight excluding hydrogens is 495 g/mol. The molecule has 1 aliphatic carbocycles. The van der Waals surface area contributed by atoms with E-state index in [-0.39, 0.29) is 42.7 Å². The molecule has 3 aromatic rings. The van der Waals surface area contributed by atoms with E-state index in [0.29, 0.717) is 30.9 Å². The molecule has 1 aliphatic heterocycles. The maximum atomic E-state index is 13.7. The van der Waals surface area contributed by atoms with Crippen molar-refractivity contribution in [1.82, 2.24) is 14.1 Å². The van der Waals surface area contributed by atoms with Gasteiger partial charge in [0.15, 0.2) is 0 Å². The Morgan fingerprint density at radius 3 is 2.41 bits per heavy atom. The highest BCUT2D eigenvalue weighted by molar-refractivity contribution is 7.89. The quantitative estimate of drug-likeness (QED) is 0.449. The van der Waals surface area contributed by atoms with Crippen molar-refractivity contribution in [3.63, 3.8) is 0 Å². The number of aryl methyl sites for hydroxylation is 1. The molecule has 196 valence electrons. The SMILES string of the molecule is O=c1c(OC2CCc3ccccc3C2)c(N2CCN(S(=O)(=O)CCCF)CC2)cnn1-c1ccccc1. The molecule has 0 N–H and O–H groups in total. The zero-order valence-corrected chi connectivity index (χ0v) is 21.4. The van der Waals surface area contributed by atoms with Crippen molar-refractivity contribution in [3.05, 3.63) is 82.3 Å². The molecule has 5 rings (SSSR count). The van der Waals surface area contributed by atoms with Crippen LogP contribution in [0.3, 0.4) is 0 Å². The van der Waals surface area contributed by atoms with Crippen molar-refractivity contribution >= 4 is 15.7 Å². The second kappa shape index (κ2) is 11.0. The van der Waals surface area contributed by atoms with Crippen molar-refractivity contribution < 1.29 is 17.5 Å². The average Bonchev–Trinajstić information content (AvgIpc) is 2.93. The zero-order chi connectivity index (χ0) is 25.8. The molecule has 2 aromatic carbocycles. The van der Waals surface area contributed by atoms with Gasteiger partial charge in [-0.25, -0.2) is 8.42 Å². The second-order valence-corrected chi connectivity index (χ2v) is 11.5. The lowest BCUT2D eigenvalue weighted by Gasteiger charge is -2.36. The first-order valence-electron chi connectivity index (χ1n) is 12.7. The Labute approximate surface area is 216 Å². The van der Waals surface area contributed by atoms with Crippen LogP contribution in [0, 0.1) is 0 Å². The highest BCUT2D eigenvalue weighted by atomic mass is 32.2. The van der Waals surface area contributed by atoms with E-state index in [2.05, 4.69) is 17.2 Å². The lowest BCUT2D eigenvalue weighted by atomic mass is 9.90. The fraction of sp³-hybridized carbons (Fsp3) is 0.407. The molecule has 0 bridgehead atoms. The van der Waals surface area contributed by atoms with Gasteiger partial charge in [-0.15, -0.1) is 0 Å². The van der Waals surface area contributed by atoms with E-state index in [0.717, 1.165) is 12.8 Å². The first kappa shape index (κ1) is 25.4. The summed E-state index contributed by atoms with van der Waals surface area (Å²) >= 11 is 0. The highest BCUT2D eigenvalue weighted by Gasteiger charge is 2.30. The largest absolute Gasteiger partial charge is 0.483 e. The third-order valence-electron chi connectivity index (χ3n) is 7.01. The smallest absolute Gasteiger partial charge is 0.316 e. The number of fused-ring (bicyclic) bond motifs is 1. The number of hydrogen-bond acceptors (Lipinski definition) is 6.